The number of piperidine rings is 1. The van der Waals surface area contributed by atoms with Crippen LogP contribution in [-0.2, 0) is 12.8 Å². The maximum atomic E-state index is 10.8. The van der Waals surface area contributed by atoms with Gasteiger partial charge in [-0.3, -0.25) is 9.80 Å². The summed E-state index contributed by atoms with van der Waals surface area (Å²) >= 11 is 0. The molecular formula is C20H30N2O. The summed E-state index contributed by atoms with van der Waals surface area (Å²) in [5.74, 6) is 0. The van der Waals surface area contributed by atoms with Gasteiger partial charge < -0.3 is 5.11 Å². The van der Waals surface area contributed by atoms with Crippen molar-refractivity contribution in [2.24, 2.45) is 0 Å². The Morgan fingerprint density at radius 3 is 2.09 bits per heavy atom. The number of fused-ring (bicyclic) bond motifs is 1. The number of β-amino-alcohol motifs (C(OH)–C–C–N with tert-alkyl or cyclic N) is 1. The van der Waals surface area contributed by atoms with Crippen molar-refractivity contribution in [3.05, 3.63) is 35.4 Å². The second-order valence-electron chi connectivity index (χ2n) is 7.70. The fourth-order valence-electron chi connectivity index (χ4n) is 4.92. The molecule has 0 spiro atoms. The van der Waals surface area contributed by atoms with Crippen molar-refractivity contribution in [2.45, 2.75) is 63.1 Å². The first kappa shape index (κ1) is 15.6. The first-order valence-corrected chi connectivity index (χ1v) is 9.54. The van der Waals surface area contributed by atoms with Crippen molar-refractivity contribution < 1.29 is 5.11 Å². The van der Waals surface area contributed by atoms with Crippen LogP contribution in [0.25, 0.3) is 0 Å². The van der Waals surface area contributed by atoms with E-state index in [2.05, 4.69) is 34.1 Å². The molecule has 0 radical (unpaired) electrons. The number of hydrogen-bond donors (Lipinski definition) is 1. The van der Waals surface area contributed by atoms with E-state index in [1.54, 1.807) is 0 Å². The predicted molar refractivity (Wildman–Crippen MR) is 93.7 cm³/mol. The Bertz CT molecular complexity index is 499. The maximum Gasteiger partial charge on any atom is 0.0822 e. The molecule has 1 aromatic rings. The van der Waals surface area contributed by atoms with Gasteiger partial charge in [-0.15, -0.1) is 0 Å². The molecule has 1 aromatic carbocycles. The van der Waals surface area contributed by atoms with Gasteiger partial charge in [0.2, 0.25) is 0 Å². The minimum absolute atomic E-state index is 0.175. The molecule has 0 saturated carbocycles. The van der Waals surface area contributed by atoms with Crippen LogP contribution >= 0.6 is 0 Å². The summed E-state index contributed by atoms with van der Waals surface area (Å²) < 4.78 is 0. The zero-order valence-electron chi connectivity index (χ0n) is 14.2. The summed E-state index contributed by atoms with van der Waals surface area (Å²) in [6, 6.07) is 9.86. The van der Waals surface area contributed by atoms with Crippen molar-refractivity contribution in [3.8, 4) is 0 Å². The molecule has 0 bridgehead atoms. The zero-order valence-corrected chi connectivity index (χ0v) is 14.2. The Labute approximate surface area is 140 Å². The zero-order chi connectivity index (χ0) is 15.6. The number of benzene rings is 1. The van der Waals surface area contributed by atoms with E-state index < -0.39 is 0 Å². The van der Waals surface area contributed by atoms with E-state index in [4.69, 9.17) is 0 Å². The largest absolute Gasteiger partial charge is 0.390 e. The number of likely N-dealkylation sites (tertiary alicyclic amines) is 2. The first-order chi connectivity index (χ1) is 11.3. The second-order valence-corrected chi connectivity index (χ2v) is 7.70. The molecule has 23 heavy (non-hydrogen) atoms. The van der Waals surface area contributed by atoms with Crippen molar-refractivity contribution in [2.75, 3.05) is 26.2 Å². The molecule has 3 nitrogen and oxygen atoms in total. The van der Waals surface area contributed by atoms with Crippen LogP contribution in [-0.4, -0.2) is 59.3 Å². The quantitative estimate of drug-likeness (QED) is 0.908. The highest BCUT2D eigenvalue weighted by atomic mass is 16.3. The average molecular weight is 314 g/mol. The van der Waals surface area contributed by atoms with Gasteiger partial charge in [0.25, 0.3) is 0 Å². The fraction of sp³-hybridized carbons (Fsp3) is 0.700. The normalized spacial score (nSPS) is 31.0. The Morgan fingerprint density at radius 1 is 0.826 bits per heavy atom. The molecule has 2 fully saturated rings. The highest BCUT2D eigenvalue weighted by Crippen LogP contribution is 2.29. The van der Waals surface area contributed by atoms with Gasteiger partial charge in [0.15, 0.2) is 0 Å². The highest BCUT2D eigenvalue weighted by molar-refractivity contribution is 5.33. The van der Waals surface area contributed by atoms with E-state index in [1.807, 2.05) is 0 Å². The highest BCUT2D eigenvalue weighted by Gasteiger charge is 2.36. The lowest BCUT2D eigenvalue weighted by Crippen LogP contribution is -2.56. The minimum Gasteiger partial charge on any atom is -0.390 e. The summed E-state index contributed by atoms with van der Waals surface area (Å²) in [5, 5.41) is 10.8. The lowest BCUT2D eigenvalue weighted by molar-refractivity contribution is -0.0237. The van der Waals surface area contributed by atoms with E-state index in [-0.39, 0.29) is 6.10 Å². The standard InChI is InChI=1S/C20H30N2O/c23-20-15-22(18-13-16-7-3-4-8-17(16)14-18)12-9-19(20)21-10-5-1-2-6-11-21/h3-4,7-8,18-20,23H,1-2,5-6,9-15H2/t19-,20-/m1/s1. The molecular weight excluding hydrogens is 284 g/mol. The van der Waals surface area contributed by atoms with Gasteiger partial charge in [-0.25, -0.2) is 0 Å². The van der Waals surface area contributed by atoms with Gasteiger partial charge in [0.05, 0.1) is 6.10 Å². The molecule has 2 saturated heterocycles. The third-order valence-electron chi connectivity index (χ3n) is 6.23. The predicted octanol–water partition coefficient (Wildman–Crippen LogP) is 2.47. The molecule has 126 valence electrons. The van der Waals surface area contributed by atoms with Gasteiger partial charge in [0.1, 0.15) is 0 Å². The molecule has 0 amide bonds. The topological polar surface area (TPSA) is 26.7 Å². The summed E-state index contributed by atoms with van der Waals surface area (Å²) in [6.45, 7) is 4.39. The van der Waals surface area contributed by atoms with Gasteiger partial charge >= 0.3 is 0 Å². The van der Waals surface area contributed by atoms with Gasteiger partial charge in [0, 0.05) is 25.2 Å². The third kappa shape index (κ3) is 3.33. The van der Waals surface area contributed by atoms with Crippen LogP contribution in [0.15, 0.2) is 24.3 Å². The Hall–Kier alpha value is -0.900. The molecule has 1 aliphatic carbocycles. The number of aliphatic hydroxyl groups is 1. The SMILES string of the molecule is O[C@@H]1CN(C2Cc3ccccc3C2)CC[C@H]1N1CCCCCC1. The van der Waals surface area contributed by atoms with Crippen LogP contribution in [0.1, 0.15) is 43.2 Å². The first-order valence-electron chi connectivity index (χ1n) is 9.54. The Kier molecular flexibility index (Phi) is 4.70. The third-order valence-corrected chi connectivity index (χ3v) is 6.23. The number of nitrogens with zero attached hydrogens (tertiary/aromatic N) is 2. The monoisotopic (exact) mass is 314 g/mol. The summed E-state index contributed by atoms with van der Waals surface area (Å²) in [4.78, 5) is 5.14. The minimum atomic E-state index is -0.175. The van der Waals surface area contributed by atoms with E-state index >= 15 is 0 Å². The molecule has 0 aromatic heterocycles. The van der Waals surface area contributed by atoms with Gasteiger partial charge in [-0.2, -0.15) is 0 Å². The number of hydrogen-bond acceptors (Lipinski definition) is 3. The van der Waals surface area contributed by atoms with Crippen LogP contribution < -0.4 is 0 Å². The van der Waals surface area contributed by atoms with Crippen LogP contribution in [0.4, 0.5) is 0 Å². The Morgan fingerprint density at radius 2 is 1.48 bits per heavy atom. The van der Waals surface area contributed by atoms with E-state index in [0.717, 1.165) is 32.4 Å². The van der Waals surface area contributed by atoms with Crippen molar-refractivity contribution in [1.29, 1.82) is 0 Å². The van der Waals surface area contributed by atoms with E-state index in [1.165, 1.54) is 49.9 Å². The van der Waals surface area contributed by atoms with Crippen LogP contribution in [0.2, 0.25) is 0 Å². The van der Waals surface area contributed by atoms with Crippen LogP contribution in [0.5, 0.6) is 0 Å². The lowest BCUT2D eigenvalue weighted by atomic mass is 9.97. The molecule has 1 N–H and O–H groups in total. The molecule has 3 heteroatoms. The molecule has 4 rings (SSSR count). The molecule has 2 atom stereocenters. The number of aliphatic hydroxyl groups excluding tert-OH is 1. The van der Waals surface area contributed by atoms with Crippen LogP contribution in [0, 0.1) is 0 Å². The Balaban J connectivity index is 1.36. The van der Waals surface area contributed by atoms with E-state index in [0.29, 0.717) is 12.1 Å². The van der Waals surface area contributed by atoms with Gasteiger partial charge in [-0.1, -0.05) is 37.1 Å². The number of rotatable bonds is 2. The molecule has 2 heterocycles. The van der Waals surface area contributed by atoms with Crippen molar-refractivity contribution in [3.63, 3.8) is 0 Å². The van der Waals surface area contributed by atoms with Crippen molar-refractivity contribution in [1.82, 2.24) is 9.80 Å². The summed E-state index contributed by atoms with van der Waals surface area (Å²) in [5.41, 5.74) is 3.03. The molecule has 2 aliphatic heterocycles. The molecule has 0 unspecified atom stereocenters. The van der Waals surface area contributed by atoms with E-state index in [9.17, 15) is 5.11 Å². The van der Waals surface area contributed by atoms with Crippen LogP contribution in [0.3, 0.4) is 0 Å². The fourth-order valence-corrected chi connectivity index (χ4v) is 4.92. The lowest BCUT2D eigenvalue weighted by Gasteiger charge is -2.43. The molecule has 3 aliphatic rings. The maximum absolute atomic E-state index is 10.8. The second kappa shape index (κ2) is 6.92. The summed E-state index contributed by atoms with van der Waals surface area (Å²) in [6.07, 6.45) is 8.64. The van der Waals surface area contributed by atoms with Crippen molar-refractivity contribution >= 4 is 0 Å². The van der Waals surface area contributed by atoms with Gasteiger partial charge in [-0.05, 0) is 56.3 Å². The average Bonchev–Trinajstić information content (AvgIpc) is 2.82. The summed E-state index contributed by atoms with van der Waals surface area (Å²) in [7, 11) is 0. The smallest absolute Gasteiger partial charge is 0.0822 e.